The SMILES string of the molecule is O=C(C(Br)c1ccc2ccccc2n1)C(F)(F)Br. The van der Waals surface area contributed by atoms with Gasteiger partial charge in [-0.05, 0) is 28.1 Å². The molecule has 2 aromatic rings. The first-order valence-corrected chi connectivity index (χ1v) is 6.71. The molecule has 0 radical (unpaired) electrons. The second-order valence-corrected chi connectivity index (χ2v) is 5.57. The Kier molecular flexibility index (Phi) is 3.77. The quantitative estimate of drug-likeness (QED) is 0.748. The number of carbonyl (C=O) groups excluding carboxylic acids is 1. The van der Waals surface area contributed by atoms with Gasteiger partial charge in [0.05, 0.1) is 11.2 Å². The number of ketones is 1. The number of benzene rings is 1. The first-order valence-electron chi connectivity index (χ1n) is 5.00. The lowest BCUT2D eigenvalue weighted by molar-refractivity contribution is -0.131. The Balaban J connectivity index is 2.39. The lowest BCUT2D eigenvalue weighted by atomic mass is 10.1. The van der Waals surface area contributed by atoms with E-state index in [1.54, 1.807) is 24.3 Å². The van der Waals surface area contributed by atoms with Gasteiger partial charge in [-0.2, -0.15) is 8.78 Å². The Morgan fingerprint density at radius 3 is 2.56 bits per heavy atom. The van der Waals surface area contributed by atoms with Crippen LogP contribution in [0.2, 0.25) is 0 Å². The number of hydrogen-bond donors (Lipinski definition) is 0. The zero-order valence-electron chi connectivity index (χ0n) is 8.91. The molecule has 0 saturated carbocycles. The third kappa shape index (κ3) is 2.75. The molecule has 2 nitrogen and oxygen atoms in total. The molecule has 0 saturated heterocycles. The van der Waals surface area contributed by atoms with E-state index in [-0.39, 0.29) is 5.69 Å². The van der Waals surface area contributed by atoms with Crippen molar-refractivity contribution < 1.29 is 13.6 Å². The highest BCUT2D eigenvalue weighted by Gasteiger charge is 2.40. The monoisotopic (exact) mass is 377 g/mol. The lowest BCUT2D eigenvalue weighted by Gasteiger charge is -2.12. The van der Waals surface area contributed by atoms with E-state index >= 15 is 0 Å². The van der Waals surface area contributed by atoms with Crippen LogP contribution in [0.15, 0.2) is 36.4 Å². The summed E-state index contributed by atoms with van der Waals surface area (Å²) in [5.74, 6) is -1.27. The van der Waals surface area contributed by atoms with Crippen LogP contribution >= 0.6 is 31.9 Å². The first-order chi connectivity index (χ1) is 8.39. The van der Waals surface area contributed by atoms with Crippen LogP contribution in [0.1, 0.15) is 10.5 Å². The second kappa shape index (κ2) is 5.01. The molecule has 0 aliphatic carbocycles. The summed E-state index contributed by atoms with van der Waals surface area (Å²) in [7, 11) is 0. The molecule has 0 spiro atoms. The fourth-order valence-electron chi connectivity index (χ4n) is 1.50. The van der Waals surface area contributed by atoms with Crippen LogP contribution in [-0.2, 0) is 4.79 Å². The molecule has 94 valence electrons. The zero-order valence-corrected chi connectivity index (χ0v) is 12.1. The predicted molar refractivity (Wildman–Crippen MR) is 72.3 cm³/mol. The minimum atomic E-state index is -3.56. The zero-order chi connectivity index (χ0) is 13.3. The van der Waals surface area contributed by atoms with Crippen molar-refractivity contribution in [3.8, 4) is 0 Å². The maximum absolute atomic E-state index is 12.9. The summed E-state index contributed by atoms with van der Waals surface area (Å²) in [6, 6.07) is 10.6. The van der Waals surface area contributed by atoms with Crippen LogP contribution in [0, 0.1) is 0 Å². The molecule has 18 heavy (non-hydrogen) atoms. The van der Waals surface area contributed by atoms with Crippen LogP contribution in [0.5, 0.6) is 0 Å². The van der Waals surface area contributed by atoms with E-state index in [4.69, 9.17) is 0 Å². The van der Waals surface area contributed by atoms with Crippen LogP contribution < -0.4 is 0 Å². The molecular formula is C12H7Br2F2NO. The van der Waals surface area contributed by atoms with Crippen LogP contribution in [0.3, 0.4) is 0 Å². The van der Waals surface area contributed by atoms with Gasteiger partial charge in [-0.1, -0.05) is 40.2 Å². The van der Waals surface area contributed by atoms with E-state index < -0.39 is 15.4 Å². The summed E-state index contributed by atoms with van der Waals surface area (Å²) in [6.45, 7) is 0. The van der Waals surface area contributed by atoms with Crippen LogP contribution in [0.4, 0.5) is 8.78 Å². The molecule has 0 amide bonds. The molecule has 0 aliphatic heterocycles. The van der Waals surface area contributed by atoms with E-state index in [1.807, 2.05) is 12.1 Å². The van der Waals surface area contributed by atoms with Crippen molar-refractivity contribution in [2.24, 2.45) is 0 Å². The smallest absolute Gasteiger partial charge is 0.290 e. The van der Waals surface area contributed by atoms with Gasteiger partial charge in [-0.25, -0.2) is 0 Å². The molecular weight excluding hydrogens is 372 g/mol. The van der Waals surface area contributed by atoms with Gasteiger partial charge in [0.1, 0.15) is 4.83 Å². The Labute approximate surface area is 119 Å². The minimum Gasteiger partial charge on any atom is -0.290 e. The third-order valence-corrected chi connectivity index (χ3v) is 3.66. The van der Waals surface area contributed by atoms with Crippen molar-refractivity contribution in [2.75, 3.05) is 0 Å². The number of para-hydroxylation sites is 1. The number of rotatable bonds is 3. The highest BCUT2D eigenvalue weighted by molar-refractivity contribution is 9.10. The summed E-state index contributed by atoms with van der Waals surface area (Å²) in [4.78, 5) is 10.9. The predicted octanol–water partition coefficient (Wildman–Crippen LogP) is 4.23. The van der Waals surface area contributed by atoms with Gasteiger partial charge in [-0.15, -0.1) is 0 Å². The van der Waals surface area contributed by atoms with Crippen molar-refractivity contribution in [1.82, 2.24) is 4.98 Å². The van der Waals surface area contributed by atoms with Gasteiger partial charge in [-0.3, -0.25) is 9.78 Å². The van der Waals surface area contributed by atoms with E-state index in [0.29, 0.717) is 5.52 Å². The van der Waals surface area contributed by atoms with Gasteiger partial charge >= 0.3 is 4.83 Å². The van der Waals surface area contributed by atoms with Crippen molar-refractivity contribution in [1.29, 1.82) is 0 Å². The maximum atomic E-state index is 12.9. The number of halogens is 4. The molecule has 1 unspecified atom stereocenters. The van der Waals surface area contributed by atoms with Crippen LogP contribution in [-0.4, -0.2) is 15.6 Å². The molecule has 2 rings (SSSR count). The fraction of sp³-hybridized carbons (Fsp3) is 0.167. The van der Waals surface area contributed by atoms with E-state index in [2.05, 4.69) is 36.8 Å². The molecule has 1 aromatic heterocycles. The molecule has 0 aliphatic rings. The summed E-state index contributed by atoms with van der Waals surface area (Å²) < 4.78 is 25.8. The Bertz CT molecular complexity index is 598. The molecule has 6 heteroatoms. The number of pyridine rings is 1. The Morgan fingerprint density at radius 2 is 1.89 bits per heavy atom. The highest BCUT2D eigenvalue weighted by Crippen LogP contribution is 2.34. The summed E-state index contributed by atoms with van der Waals surface area (Å²) in [6.07, 6.45) is 0. The molecule has 0 bridgehead atoms. The molecule has 1 atom stereocenters. The van der Waals surface area contributed by atoms with Crippen molar-refractivity contribution in [2.45, 2.75) is 9.66 Å². The molecule has 1 aromatic carbocycles. The van der Waals surface area contributed by atoms with E-state index in [0.717, 1.165) is 5.39 Å². The topological polar surface area (TPSA) is 30.0 Å². The fourth-order valence-corrected chi connectivity index (χ4v) is 2.58. The van der Waals surface area contributed by atoms with Gasteiger partial charge < -0.3 is 0 Å². The standard InChI is InChI=1S/C12H7Br2F2NO/c13-10(11(18)12(14,15)16)9-6-5-7-3-1-2-4-8(7)17-9/h1-6,10H. The molecule has 0 N–H and O–H groups in total. The number of aromatic nitrogens is 1. The summed E-state index contributed by atoms with van der Waals surface area (Å²) in [5.41, 5.74) is 0.919. The van der Waals surface area contributed by atoms with Gasteiger partial charge in [0.2, 0.25) is 5.78 Å². The minimum absolute atomic E-state index is 0.262. The summed E-state index contributed by atoms with van der Waals surface area (Å²) >= 11 is 5.00. The van der Waals surface area contributed by atoms with Crippen molar-refractivity contribution >= 4 is 48.5 Å². The largest absolute Gasteiger partial charge is 0.360 e. The van der Waals surface area contributed by atoms with E-state index in [1.165, 1.54) is 0 Å². The molecule has 1 heterocycles. The first kappa shape index (κ1) is 13.5. The maximum Gasteiger partial charge on any atom is 0.360 e. The van der Waals surface area contributed by atoms with Gasteiger partial charge in [0.15, 0.2) is 0 Å². The Hall–Kier alpha value is -0.880. The van der Waals surface area contributed by atoms with E-state index in [9.17, 15) is 13.6 Å². The number of fused-ring (bicyclic) bond motifs is 1. The average Bonchev–Trinajstić information content (AvgIpc) is 2.35. The van der Waals surface area contributed by atoms with Gasteiger partial charge in [0, 0.05) is 5.39 Å². The van der Waals surface area contributed by atoms with Crippen LogP contribution in [0.25, 0.3) is 10.9 Å². The van der Waals surface area contributed by atoms with Crippen molar-refractivity contribution in [3.05, 3.63) is 42.1 Å². The lowest BCUT2D eigenvalue weighted by Crippen LogP contribution is -2.25. The van der Waals surface area contributed by atoms with Crippen molar-refractivity contribution in [3.63, 3.8) is 0 Å². The highest BCUT2D eigenvalue weighted by atomic mass is 79.9. The summed E-state index contributed by atoms with van der Waals surface area (Å²) in [5, 5.41) is 0.888. The molecule has 0 fully saturated rings. The number of alkyl halides is 4. The number of hydrogen-bond acceptors (Lipinski definition) is 2. The number of nitrogens with zero attached hydrogens (tertiary/aromatic N) is 1. The number of Topliss-reactive ketones (excluding diaryl/α,β-unsaturated/α-hetero) is 1. The average molecular weight is 379 g/mol. The second-order valence-electron chi connectivity index (χ2n) is 3.65. The number of carbonyl (C=O) groups is 1. The van der Waals surface area contributed by atoms with Gasteiger partial charge in [0.25, 0.3) is 0 Å². The third-order valence-electron chi connectivity index (χ3n) is 2.39. The Morgan fingerprint density at radius 1 is 1.22 bits per heavy atom. The normalized spacial score (nSPS) is 13.6.